The molecule has 0 aliphatic heterocycles. The minimum absolute atomic E-state index is 0. The summed E-state index contributed by atoms with van der Waals surface area (Å²) < 4.78 is 13.4. The van der Waals surface area contributed by atoms with Gasteiger partial charge in [0.1, 0.15) is 13.3 Å². The Bertz CT molecular complexity index is 173. The molecule has 0 aromatic heterocycles. The smallest absolute Gasteiger partial charge is 0.125 e. The minimum atomic E-state index is 0. The Kier molecular flexibility index (Phi) is 56.1. The molecule has 0 aromatic carbocycles. The Morgan fingerprint density at radius 1 is 1.25 bits per heavy atom. The van der Waals surface area contributed by atoms with Gasteiger partial charge in [-0.3, -0.25) is 0 Å². The number of methoxy groups -OCH3 is 3. The fourth-order valence-corrected chi connectivity index (χ4v) is 0.167. The highest BCUT2D eigenvalue weighted by Crippen LogP contribution is 1.66. The van der Waals surface area contributed by atoms with Crippen LogP contribution in [-0.2, 0) is 14.2 Å². The van der Waals surface area contributed by atoms with E-state index >= 15 is 0 Å². The van der Waals surface area contributed by atoms with E-state index in [2.05, 4.69) is 30.2 Å². The summed E-state index contributed by atoms with van der Waals surface area (Å²) >= 11 is 0. The molecule has 0 aromatic rings. The predicted octanol–water partition coefficient (Wildman–Crippen LogP) is 2.46. The Morgan fingerprint density at radius 3 is 1.81 bits per heavy atom. The average Bonchev–Trinajstić information content (AvgIpc) is 2.28. The first-order chi connectivity index (χ1) is 7.24. The Balaban J connectivity index is -0.0000000668. The van der Waals surface area contributed by atoms with Gasteiger partial charge >= 0.3 is 0 Å². The van der Waals surface area contributed by atoms with E-state index in [1.54, 1.807) is 14.2 Å². The molecule has 6 nitrogen and oxygen atoms in total. The van der Waals surface area contributed by atoms with Crippen LogP contribution in [0.15, 0.2) is 5.11 Å². The zero-order valence-electron chi connectivity index (χ0n) is 9.77. The lowest BCUT2D eigenvalue weighted by atomic mass is 10.8. The first kappa shape index (κ1) is 24.1. The number of rotatable bonds is 4. The van der Waals surface area contributed by atoms with E-state index in [9.17, 15) is 0 Å². The van der Waals surface area contributed by atoms with E-state index in [1.165, 1.54) is 7.11 Å². The number of hydrogen-bond donors (Lipinski definition) is 0. The number of terminal acetylenes is 1. The minimum Gasteiger partial charge on any atom is -0.385 e. The molecule has 0 saturated heterocycles. The molecule has 0 bridgehead atoms. The summed E-state index contributed by atoms with van der Waals surface area (Å²) in [6.45, 7) is 3.32. The summed E-state index contributed by atoms with van der Waals surface area (Å²) in [7, 11) is 4.72. The van der Waals surface area contributed by atoms with Crippen molar-refractivity contribution in [1.82, 2.24) is 0 Å². The highest BCUT2D eigenvalue weighted by atomic mass is 16.5. The van der Waals surface area contributed by atoms with Crippen molar-refractivity contribution in [2.45, 2.75) is 14.4 Å². The summed E-state index contributed by atoms with van der Waals surface area (Å²) in [6.07, 6.45) is 4.76. The highest BCUT2D eigenvalue weighted by Gasteiger charge is 1.62. The maximum absolute atomic E-state index is 7.58. The van der Waals surface area contributed by atoms with E-state index in [-0.39, 0.29) is 14.2 Å². The molecule has 0 saturated carbocycles. The van der Waals surface area contributed by atoms with Crippen LogP contribution in [0.3, 0.4) is 0 Å². The van der Waals surface area contributed by atoms with Crippen molar-refractivity contribution >= 4 is 0 Å². The van der Waals surface area contributed by atoms with Crippen molar-refractivity contribution in [2.75, 3.05) is 41.3 Å². The van der Waals surface area contributed by atoms with Gasteiger partial charge in [0.05, 0.1) is 0 Å². The lowest BCUT2D eigenvalue weighted by Gasteiger charge is -1.78. The Hall–Kier alpha value is -1.25. The van der Waals surface area contributed by atoms with Crippen molar-refractivity contribution in [1.29, 1.82) is 0 Å². The zero-order chi connectivity index (χ0) is 12.4. The first-order valence-electron chi connectivity index (χ1n) is 4.16. The molecule has 0 heterocycles. The van der Waals surface area contributed by atoms with Crippen LogP contribution in [0, 0.1) is 12.3 Å². The molecule has 0 aliphatic rings. The summed E-state index contributed by atoms with van der Waals surface area (Å²) in [4.78, 5) is 2.43. The lowest BCUT2D eigenvalue weighted by Crippen LogP contribution is -1.77. The quantitative estimate of drug-likeness (QED) is 0.324. The fourth-order valence-electron chi connectivity index (χ4n) is 0.167. The van der Waals surface area contributed by atoms with Gasteiger partial charge in [-0.05, 0) is 12.5 Å². The summed E-state index contributed by atoms with van der Waals surface area (Å²) in [6, 6.07) is 0. The van der Waals surface area contributed by atoms with Crippen LogP contribution >= 0.6 is 0 Å². The maximum Gasteiger partial charge on any atom is 0.125 e. The molecule has 0 aliphatic carbocycles. The van der Waals surface area contributed by atoms with E-state index in [4.69, 9.17) is 12.0 Å². The third-order valence-corrected chi connectivity index (χ3v) is 0.766. The van der Waals surface area contributed by atoms with Crippen LogP contribution in [0.5, 0.6) is 0 Å². The van der Waals surface area contributed by atoms with Gasteiger partial charge in [0.2, 0.25) is 0 Å². The van der Waals surface area contributed by atoms with Gasteiger partial charge in [-0.1, -0.05) is 18.5 Å². The highest BCUT2D eigenvalue weighted by molar-refractivity contribution is 4.82. The molecule has 96 valence electrons. The second kappa shape index (κ2) is 37.2. The van der Waals surface area contributed by atoms with E-state index < -0.39 is 0 Å². The van der Waals surface area contributed by atoms with E-state index in [0.29, 0.717) is 6.61 Å². The van der Waals surface area contributed by atoms with Crippen molar-refractivity contribution in [3.05, 3.63) is 10.4 Å². The fraction of sp³-hybridized carbons (Fsp3) is 0.800. The van der Waals surface area contributed by atoms with Crippen molar-refractivity contribution in [3.8, 4) is 12.3 Å². The summed E-state index contributed by atoms with van der Waals surface area (Å²) in [5.74, 6) is 2.30. The molecule has 0 atom stereocenters. The zero-order valence-corrected chi connectivity index (χ0v) is 9.77. The number of azide groups is 1. The molecule has 0 spiro atoms. The van der Waals surface area contributed by atoms with Gasteiger partial charge in [0.15, 0.2) is 0 Å². The molecule has 16 heavy (non-hydrogen) atoms. The molecule has 0 radical (unpaired) electrons. The van der Waals surface area contributed by atoms with Gasteiger partial charge in [-0.2, -0.15) is 0 Å². The molecule has 6 heteroatoms. The molecule has 0 fully saturated rings. The topological polar surface area (TPSA) is 76.5 Å². The summed E-state index contributed by atoms with van der Waals surface area (Å²) in [5, 5.41) is 3.05. The molecule has 0 unspecified atom stereocenters. The third-order valence-electron chi connectivity index (χ3n) is 0.766. The molecule has 0 amide bonds. The van der Waals surface area contributed by atoms with Crippen LogP contribution in [0.4, 0.5) is 0 Å². The van der Waals surface area contributed by atoms with Gasteiger partial charge in [0.25, 0.3) is 0 Å². The first-order valence-corrected chi connectivity index (χ1v) is 4.16. The van der Waals surface area contributed by atoms with E-state index in [0.717, 1.165) is 6.61 Å². The van der Waals surface area contributed by atoms with Crippen LogP contribution in [0.25, 0.3) is 10.4 Å². The number of nitrogens with zero attached hydrogens (tertiary/aromatic N) is 3. The predicted molar refractivity (Wildman–Crippen MR) is 66.0 cm³/mol. The maximum atomic E-state index is 7.58. The third kappa shape index (κ3) is 78.0. The standard InChI is InChI=1S/C4H6O.C3H8O.C2H5N3O.CH4/c1-3-4-5-2;1-3-4-2;1-6-2-4-5-3;/h1H,4H2,2H3;3H2,1-2H3;2H2,1H3;1H4. The van der Waals surface area contributed by atoms with Crippen molar-refractivity contribution in [3.63, 3.8) is 0 Å². The van der Waals surface area contributed by atoms with E-state index in [1.807, 2.05) is 6.92 Å². The normalized spacial score (nSPS) is 6.44. The van der Waals surface area contributed by atoms with Crippen molar-refractivity contribution < 1.29 is 14.2 Å². The van der Waals surface area contributed by atoms with Crippen LogP contribution < -0.4 is 0 Å². The van der Waals surface area contributed by atoms with Crippen LogP contribution in [-0.4, -0.2) is 41.3 Å². The lowest BCUT2D eigenvalue weighted by molar-refractivity contribution is 0.207. The molecular weight excluding hydrogens is 210 g/mol. The van der Waals surface area contributed by atoms with Crippen LogP contribution in [0.2, 0.25) is 0 Å². The summed E-state index contributed by atoms with van der Waals surface area (Å²) in [5.41, 5.74) is 7.58. The van der Waals surface area contributed by atoms with Crippen molar-refractivity contribution in [2.24, 2.45) is 5.11 Å². The average molecular weight is 233 g/mol. The second-order valence-corrected chi connectivity index (χ2v) is 1.86. The van der Waals surface area contributed by atoms with Gasteiger partial charge < -0.3 is 14.2 Å². The van der Waals surface area contributed by atoms with Gasteiger partial charge in [0, 0.05) is 32.8 Å². The largest absolute Gasteiger partial charge is 0.385 e. The molecule has 0 N–H and O–H groups in total. The second-order valence-electron chi connectivity index (χ2n) is 1.86. The van der Waals surface area contributed by atoms with Gasteiger partial charge in [-0.25, -0.2) is 0 Å². The number of hydrogen-bond acceptors (Lipinski definition) is 4. The van der Waals surface area contributed by atoms with Gasteiger partial charge in [-0.15, -0.1) is 6.42 Å². The monoisotopic (exact) mass is 233 g/mol. The molecular formula is C10H23N3O3. The SMILES string of the molecule is C.C#CCOC.CCOC.COCN=[N+]=[N-]. The Morgan fingerprint density at radius 2 is 1.75 bits per heavy atom. The molecule has 0 rings (SSSR count). The Labute approximate surface area is 98.5 Å². The van der Waals surface area contributed by atoms with Crippen LogP contribution in [0.1, 0.15) is 14.4 Å². The number of ether oxygens (including phenoxy) is 3.